The summed E-state index contributed by atoms with van der Waals surface area (Å²) in [7, 11) is 0. The third kappa shape index (κ3) is 9.05. The molecule has 0 bridgehead atoms. The van der Waals surface area contributed by atoms with E-state index in [-0.39, 0.29) is 13.2 Å². The van der Waals surface area contributed by atoms with Crippen molar-refractivity contribution in [1.29, 1.82) is 0 Å². The molecule has 0 aromatic heterocycles. The predicted octanol–water partition coefficient (Wildman–Crippen LogP) is 5.62. The molecule has 12 heteroatoms. The number of esters is 1. The third-order valence-electron chi connectivity index (χ3n) is 6.59. The zero-order valence-electron chi connectivity index (χ0n) is 25.4. The first-order chi connectivity index (χ1) is 21.7. The van der Waals surface area contributed by atoms with Crippen molar-refractivity contribution >= 4 is 51.4 Å². The number of aryl methyl sites for hydroxylation is 1. The molecule has 0 saturated heterocycles. The largest absolute Gasteiger partial charge is 0.490 e. The molecule has 45 heavy (non-hydrogen) atoms. The van der Waals surface area contributed by atoms with Gasteiger partial charge in [0.15, 0.2) is 23.2 Å². The second-order valence-corrected chi connectivity index (χ2v) is 11.2. The molecule has 0 saturated carbocycles. The Labute approximate surface area is 276 Å². The fourth-order valence-electron chi connectivity index (χ4n) is 4.52. The Balaban J connectivity index is 1.41. The average molecular weight is 696 g/mol. The lowest BCUT2D eigenvalue weighted by molar-refractivity contribution is -0.139. The van der Waals surface area contributed by atoms with Crippen LogP contribution in [0.5, 0.6) is 17.2 Å². The second kappa shape index (κ2) is 16.1. The molecule has 0 fully saturated rings. The van der Waals surface area contributed by atoms with Gasteiger partial charge in [-0.05, 0) is 85.2 Å². The normalized spacial score (nSPS) is 14.4. The number of thiocarbonyl (C=S) groups is 1. The van der Waals surface area contributed by atoms with Crippen LogP contribution in [0.15, 0.2) is 81.5 Å². The fraction of sp³-hybridized carbons (Fsp3) is 0.273. The lowest BCUT2D eigenvalue weighted by atomic mass is 9.95. The van der Waals surface area contributed by atoms with Crippen LogP contribution in [-0.2, 0) is 20.9 Å². The molecule has 3 N–H and O–H groups in total. The lowest BCUT2D eigenvalue weighted by Crippen LogP contribution is -2.45. The van der Waals surface area contributed by atoms with Gasteiger partial charge >= 0.3 is 5.97 Å². The van der Waals surface area contributed by atoms with Gasteiger partial charge in [-0.1, -0.05) is 48.0 Å². The quantitative estimate of drug-likeness (QED) is 0.0907. The topological polar surface area (TPSA) is 120 Å². The van der Waals surface area contributed by atoms with E-state index in [2.05, 4.69) is 37.1 Å². The van der Waals surface area contributed by atoms with E-state index in [4.69, 9.17) is 31.2 Å². The van der Waals surface area contributed by atoms with Crippen molar-refractivity contribution in [3.05, 3.63) is 98.7 Å². The molecular weight excluding hydrogens is 660 g/mol. The van der Waals surface area contributed by atoms with Crippen molar-refractivity contribution in [2.75, 3.05) is 19.8 Å². The first-order valence-corrected chi connectivity index (χ1v) is 15.5. The van der Waals surface area contributed by atoms with E-state index in [0.717, 1.165) is 5.56 Å². The maximum atomic E-state index is 12.8. The van der Waals surface area contributed by atoms with Gasteiger partial charge in [0.25, 0.3) is 5.91 Å². The van der Waals surface area contributed by atoms with Crippen molar-refractivity contribution in [2.24, 2.45) is 5.10 Å². The van der Waals surface area contributed by atoms with Gasteiger partial charge in [-0.2, -0.15) is 5.10 Å². The van der Waals surface area contributed by atoms with Crippen LogP contribution in [-0.4, -0.2) is 43.0 Å². The van der Waals surface area contributed by atoms with Crippen LogP contribution in [0, 0.1) is 6.92 Å². The smallest absolute Gasteiger partial charge is 0.338 e. The number of ether oxygens (including phenoxy) is 4. The average Bonchev–Trinajstić information content (AvgIpc) is 3.00. The maximum Gasteiger partial charge on any atom is 0.338 e. The second-order valence-electron chi connectivity index (χ2n) is 9.95. The van der Waals surface area contributed by atoms with Gasteiger partial charge in [-0.25, -0.2) is 10.2 Å². The number of amides is 1. The zero-order chi connectivity index (χ0) is 32.3. The number of para-hydroxylation sites is 1. The SMILES string of the molecule is CCOC(=O)C1=C(C)NC(=S)N[C@H]1c1ccccc1OCC(=O)NN=Cc1cc(Br)c(OCc2ccc(C)cc2)c(OCC)c1. The van der Waals surface area contributed by atoms with Crippen molar-refractivity contribution in [3.63, 3.8) is 0 Å². The molecule has 0 aliphatic carbocycles. The summed E-state index contributed by atoms with van der Waals surface area (Å²) >= 11 is 8.90. The Hall–Kier alpha value is -4.42. The number of rotatable bonds is 13. The number of carbonyl (C=O) groups is 2. The summed E-state index contributed by atoms with van der Waals surface area (Å²) in [4.78, 5) is 25.4. The number of carbonyl (C=O) groups excluding carboxylic acids is 2. The van der Waals surface area contributed by atoms with E-state index in [9.17, 15) is 9.59 Å². The van der Waals surface area contributed by atoms with E-state index in [0.29, 0.717) is 62.4 Å². The number of hydrogen-bond acceptors (Lipinski definition) is 8. The molecular formula is C33H35BrN4O6S. The molecule has 1 aliphatic heterocycles. The Morgan fingerprint density at radius 1 is 1.00 bits per heavy atom. The highest BCUT2D eigenvalue weighted by Gasteiger charge is 2.32. The van der Waals surface area contributed by atoms with Crippen LogP contribution >= 0.6 is 28.1 Å². The van der Waals surface area contributed by atoms with E-state index in [1.54, 1.807) is 38.1 Å². The lowest BCUT2D eigenvalue weighted by Gasteiger charge is -2.30. The minimum atomic E-state index is -0.628. The Kier molecular flexibility index (Phi) is 11.9. The molecule has 0 unspecified atom stereocenters. The van der Waals surface area contributed by atoms with Crippen molar-refractivity contribution in [1.82, 2.24) is 16.1 Å². The van der Waals surface area contributed by atoms with Crippen LogP contribution < -0.4 is 30.3 Å². The number of benzene rings is 3. The van der Waals surface area contributed by atoms with Gasteiger partial charge in [0.05, 0.1) is 35.5 Å². The molecule has 3 aromatic carbocycles. The molecule has 1 heterocycles. The van der Waals surface area contributed by atoms with E-state index >= 15 is 0 Å². The molecule has 10 nitrogen and oxygen atoms in total. The minimum Gasteiger partial charge on any atom is -0.490 e. The van der Waals surface area contributed by atoms with Gasteiger partial charge in [0.1, 0.15) is 12.4 Å². The Morgan fingerprint density at radius 2 is 1.76 bits per heavy atom. The number of hydrogen-bond donors (Lipinski definition) is 3. The van der Waals surface area contributed by atoms with Crippen molar-refractivity contribution in [2.45, 2.75) is 40.3 Å². The van der Waals surface area contributed by atoms with Crippen LogP contribution in [0.1, 0.15) is 49.1 Å². The summed E-state index contributed by atoms with van der Waals surface area (Å²) in [5.74, 6) is 0.568. The molecule has 4 rings (SSSR count). The summed E-state index contributed by atoms with van der Waals surface area (Å²) in [6, 6.07) is 18.2. The van der Waals surface area contributed by atoms with E-state index < -0.39 is 17.9 Å². The fourth-order valence-corrected chi connectivity index (χ4v) is 5.36. The standard InChI is InChI=1S/C33H35BrN4O6S/c1-5-41-27-16-23(15-25(34)31(27)44-18-22-13-11-20(3)12-14-22)17-35-38-28(39)19-43-26-10-8-7-9-24(26)30-29(32(40)42-6-2)21(4)36-33(45)37-30/h7-17,30H,5-6,18-19H2,1-4H3,(H,38,39)(H2,36,37,45)/t30-/m0/s1. The Bertz CT molecular complexity index is 1610. The highest BCUT2D eigenvalue weighted by Crippen LogP contribution is 2.37. The molecule has 1 amide bonds. The highest BCUT2D eigenvalue weighted by molar-refractivity contribution is 9.10. The van der Waals surface area contributed by atoms with Crippen LogP contribution in [0.25, 0.3) is 0 Å². The predicted molar refractivity (Wildman–Crippen MR) is 179 cm³/mol. The Morgan fingerprint density at radius 3 is 2.49 bits per heavy atom. The summed E-state index contributed by atoms with van der Waals surface area (Å²) < 4.78 is 23.7. The summed E-state index contributed by atoms with van der Waals surface area (Å²) in [6.07, 6.45) is 1.50. The van der Waals surface area contributed by atoms with Crippen LogP contribution in [0.4, 0.5) is 0 Å². The number of allylic oxidation sites excluding steroid dienone is 1. The maximum absolute atomic E-state index is 12.8. The monoisotopic (exact) mass is 694 g/mol. The number of halogens is 1. The van der Waals surface area contributed by atoms with Crippen LogP contribution in [0.2, 0.25) is 0 Å². The molecule has 0 radical (unpaired) electrons. The van der Waals surface area contributed by atoms with Gasteiger partial charge in [-0.3, -0.25) is 4.79 Å². The van der Waals surface area contributed by atoms with E-state index in [1.807, 2.05) is 50.2 Å². The summed E-state index contributed by atoms with van der Waals surface area (Å²) in [5.41, 5.74) is 6.96. The summed E-state index contributed by atoms with van der Waals surface area (Å²) in [6.45, 7) is 8.15. The van der Waals surface area contributed by atoms with Gasteiger partial charge < -0.3 is 29.6 Å². The molecule has 236 valence electrons. The number of nitrogens with one attached hydrogen (secondary N) is 3. The number of hydrazone groups is 1. The highest BCUT2D eigenvalue weighted by atomic mass is 79.9. The van der Waals surface area contributed by atoms with Gasteiger partial charge in [-0.15, -0.1) is 0 Å². The van der Waals surface area contributed by atoms with Crippen LogP contribution in [0.3, 0.4) is 0 Å². The molecule has 3 aromatic rings. The summed E-state index contributed by atoms with van der Waals surface area (Å²) in [5, 5.41) is 10.5. The van der Waals surface area contributed by atoms with Crippen molar-refractivity contribution < 1.29 is 28.5 Å². The zero-order valence-corrected chi connectivity index (χ0v) is 27.8. The molecule has 1 aliphatic rings. The third-order valence-corrected chi connectivity index (χ3v) is 7.40. The first kappa shape index (κ1) is 33.5. The van der Waals surface area contributed by atoms with E-state index in [1.165, 1.54) is 11.8 Å². The van der Waals surface area contributed by atoms with Gasteiger partial charge in [0.2, 0.25) is 0 Å². The van der Waals surface area contributed by atoms with Crippen molar-refractivity contribution in [3.8, 4) is 17.2 Å². The minimum absolute atomic E-state index is 0.224. The first-order valence-electron chi connectivity index (χ1n) is 14.3. The van der Waals surface area contributed by atoms with Gasteiger partial charge in [0, 0.05) is 11.3 Å². The number of nitrogens with zero attached hydrogens (tertiary/aromatic N) is 1. The molecule has 1 atom stereocenters. The molecule has 0 spiro atoms.